The second-order valence-electron chi connectivity index (χ2n) is 2.96. The number of methoxy groups -OCH3 is 1. The molecule has 1 unspecified atom stereocenters. The molecule has 0 aromatic heterocycles. The number of rotatable bonds is 4. The molecule has 0 amide bonds. The lowest BCUT2D eigenvalue weighted by Gasteiger charge is -2.08. The Bertz CT molecular complexity index is 198. The number of hydrogen-bond acceptors (Lipinski definition) is 4. The van der Waals surface area contributed by atoms with Gasteiger partial charge < -0.3 is 14.8 Å². The summed E-state index contributed by atoms with van der Waals surface area (Å²) in [6, 6.07) is -0.209. The highest BCUT2D eigenvalue weighted by Crippen LogP contribution is 2.11. The van der Waals surface area contributed by atoms with Gasteiger partial charge in [0.15, 0.2) is 0 Å². The molecule has 0 aliphatic carbocycles. The number of carbonyl (C=O) groups is 1. The topological polar surface area (TPSA) is 47.6 Å². The van der Waals surface area contributed by atoms with Gasteiger partial charge in [-0.2, -0.15) is 0 Å². The fourth-order valence-corrected chi connectivity index (χ4v) is 1.36. The highest BCUT2D eigenvalue weighted by molar-refractivity contribution is 5.85. The lowest BCUT2D eigenvalue weighted by atomic mass is 10.2. The Labute approximate surface area is 90.1 Å². The van der Waals surface area contributed by atoms with Crippen LogP contribution < -0.4 is 5.32 Å². The van der Waals surface area contributed by atoms with Crippen LogP contribution in [0.5, 0.6) is 0 Å². The van der Waals surface area contributed by atoms with Crippen molar-refractivity contribution >= 4 is 18.4 Å². The first-order valence-electron chi connectivity index (χ1n) is 4.31. The maximum Gasteiger partial charge on any atom is 0.322 e. The summed E-state index contributed by atoms with van der Waals surface area (Å²) < 4.78 is 10.00. The van der Waals surface area contributed by atoms with Crippen LogP contribution in [0.3, 0.4) is 0 Å². The predicted octanol–water partition coefficient (Wildman–Crippen LogP) is 0.514. The van der Waals surface area contributed by atoms with E-state index < -0.39 is 0 Å². The van der Waals surface area contributed by atoms with Crippen molar-refractivity contribution in [1.29, 1.82) is 0 Å². The van der Waals surface area contributed by atoms with Crippen LogP contribution in [0.2, 0.25) is 0 Å². The molecular formula is C9H16ClNO3. The van der Waals surface area contributed by atoms with Gasteiger partial charge in [0, 0.05) is 13.0 Å². The van der Waals surface area contributed by atoms with Gasteiger partial charge in [-0.1, -0.05) is 6.08 Å². The molecule has 1 fully saturated rings. The van der Waals surface area contributed by atoms with Crippen molar-refractivity contribution in [3.05, 3.63) is 12.7 Å². The summed E-state index contributed by atoms with van der Waals surface area (Å²) in [7, 11) is 1.39. The van der Waals surface area contributed by atoms with E-state index in [0.29, 0.717) is 19.6 Å². The molecule has 5 heteroatoms. The first-order valence-corrected chi connectivity index (χ1v) is 4.31. The molecule has 1 heterocycles. The Kier molecular flexibility index (Phi) is 6.53. The lowest BCUT2D eigenvalue weighted by molar-refractivity contribution is -0.142. The van der Waals surface area contributed by atoms with Gasteiger partial charge in [0.05, 0.1) is 19.8 Å². The standard InChI is InChI=1S/C9H15NO3.ClH/c1-3-4-13-7-5-8(10-6-7)9(11)12-2;/h3,7-8,10H,1,4-6H2,2H3;1H/t7-,8?;/m1./s1. The third kappa shape index (κ3) is 3.65. The zero-order chi connectivity index (χ0) is 9.68. The average molecular weight is 222 g/mol. The Morgan fingerprint density at radius 3 is 3.00 bits per heavy atom. The molecule has 0 radical (unpaired) electrons. The molecule has 0 aromatic carbocycles. The van der Waals surface area contributed by atoms with E-state index in [4.69, 9.17) is 4.74 Å². The minimum absolute atomic E-state index is 0. The van der Waals surface area contributed by atoms with Gasteiger partial charge >= 0.3 is 5.97 Å². The quantitative estimate of drug-likeness (QED) is 0.555. The predicted molar refractivity (Wildman–Crippen MR) is 55.6 cm³/mol. The molecular weight excluding hydrogens is 206 g/mol. The van der Waals surface area contributed by atoms with Gasteiger partial charge in [0.25, 0.3) is 0 Å². The molecule has 0 aromatic rings. The van der Waals surface area contributed by atoms with Crippen LogP contribution >= 0.6 is 12.4 Å². The fraction of sp³-hybridized carbons (Fsp3) is 0.667. The molecule has 1 N–H and O–H groups in total. The van der Waals surface area contributed by atoms with E-state index in [0.717, 1.165) is 0 Å². The second kappa shape index (κ2) is 6.81. The van der Waals surface area contributed by atoms with Crippen molar-refractivity contribution < 1.29 is 14.3 Å². The molecule has 82 valence electrons. The molecule has 1 rings (SSSR count). The molecule has 14 heavy (non-hydrogen) atoms. The normalized spacial score (nSPS) is 25.2. The maximum atomic E-state index is 11.1. The summed E-state index contributed by atoms with van der Waals surface area (Å²) in [5.74, 6) is -0.218. The van der Waals surface area contributed by atoms with Gasteiger partial charge in [-0.25, -0.2) is 0 Å². The van der Waals surface area contributed by atoms with Gasteiger partial charge in [-0.05, 0) is 0 Å². The largest absolute Gasteiger partial charge is 0.468 e. The molecule has 2 atom stereocenters. The van der Waals surface area contributed by atoms with E-state index in [-0.39, 0.29) is 30.5 Å². The number of halogens is 1. The second-order valence-corrected chi connectivity index (χ2v) is 2.96. The molecule has 1 aliphatic heterocycles. The Morgan fingerprint density at radius 1 is 1.71 bits per heavy atom. The number of hydrogen-bond donors (Lipinski definition) is 1. The number of nitrogens with one attached hydrogen (secondary N) is 1. The summed E-state index contributed by atoms with van der Waals surface area (Å²) in [5, 5.41) is 3.03. The van der Waals surface area contributed by atoms with Crippen molar-refractivity contribution in [2.45, 2.75) is 18.6 Å². The van der Waals surface area contributed by atoms with Crippen molar-refractivity contribution in [2.75, 3.05) is 20.3 Å². The summed E-state index contributed by atoms with van der Waals surface area (Å²) in [6.07, 6.45) is 2.48. The van der Waals surface area contributed by atoms with Gasteiger partial charge in [0.1, 0.15) is 6.04 Å². The zero-order valence-corrected chi connectivity index (χ0v) is 9.01. The lowest BCUT2D eigenvalue weighted by Crippen LogP contribution is -2.31. The van der Waals surface area contributed by atoms with Crippen molar-refractivity contribution in [3.63, 3.8) is 0 Å². The van der Waals surface area contributed by atoms with Crippen LogP contribution in [-0.2, 0) is 14.3 Å². The van der Waals surface area contributed by atoms with E-state index in [1.807, 2.05) is 0 Å². The molecule has 0 bridgehead atoms. The van der Waals surface area contributed by atoms with E-state index in [1.165, 1.54) is 7.11 Å². The van der Waals surface area contributed by atoms with Crippen LogP contribution in [0.25, 0.3) is 0 Å². The minimum atomic E-state index is -0.218. The first-order chi connectivity index (χ1) is 6.27. The third-order valence-corrected chi connectivity index (χ3v) is 2.03. The summed E-state index contributed by atoms with van der Waals surface area (Å²) in [6.45, 7) is 4.78. The van der Waals surface area contributed by atoms with Crippen molar-refractivity contribution in [2.24, 2.45) is 0 Å². The fourth-order valence-electron chi connectivity index (χ4n) is 1.36. The van der Waals surface area contributed by atoms with Crippen molar-refractivity contribution in [1.82, 2.24) is 5.32 Å². The molecule has 4 nitrogen and oxygen atoms in total. The van der Waals surface area contributed by atoms with Crippen LogP contribution in [-0.4, -0.2) is 38.4 Å². The minimum Gasteiger partial charge on any atom is -0.468 e. The SMILES string of the molecule is C=CCO[C@H]1CNC(C(=O)OC)C1.Cl. The highest BCUT2D eigenvalue weighted by atomic mass is 35.5. The van der Waals surface area contributed by atoms with Gasteiger partial charge in [-0.15, -0.1) is 19.0 Å². The third-order valence-electron chi connectivity index (χ3n) is 2.03. The summed E-state index contributed by atoms with van der Waals surface area (Å²) in [5.41, 5.74) is 0. The van der Waals surface area contributed by atoms with Crippen LogP contribution in [0.4, 0.5) is 0 Å². The van der Waals surface area contributed by atoms with Gasteiger partial charge in [-0.3, -0.25) is 4.79 Å². The average Bonchev–Trinajstić information content (AvgIpc) is 2.62. The number of ether oxygens (including phenoxy) is 2. The number of carbonyl (C=O) groups excluding carboxylic acids is 1. The van der Waals surface area contributed by atoms with E-state index in [9.17, 15) is 4.79 Å². The van der Waals surface area contributed by atoms with Crippen LogP contribution in [0.1, 0.15) is 6.42 Å². The maximum absolute atomic E-state index is 11.1. The monoisotopic (exact) mass is 221 g/mol. The molecule has 0 spiro atoms. The van der Waals surface area contributed by atoms with Gasteiger partial charge in [0.2, 0.25) is 0 Å². The Morgan fingerprint density at radius 2 is 2.43 bits per heavy atom. The summed E-state index contributed by atoms with van der Waals surface area (Å²) >= 11 is 0. The first kappa shape index (κ1) is 13.4. The van der Waals surface area contributed by atoms with Crippen LogP contribution in [0, 0.1) is 0 Å². The Balaban J connectivity index is 0.00000169. The van der Waals surface area contributed by atoms with Crippen molar-refractivity contribution in [3.8, 4) is 0 Å². The van der Waals surface area contributed by atoms with Crippen LogP contribution in [0.15, 0.2) is 12.7 Å². The summed E-state index contributed by atoms with van der Waals surface area (Å²) in [4.78, 5) is 11.1. The van der Waals surface area contributed by atoms with E-state index in [2.05, 4.69) is 16.6 Å². The number of esters is 1. The van der Waals surface area contributed by atoms with E-state index >= 15 is 0 Å². The highest BCUT2D eigenvalue weighted by Gasteiger charge is 2.30. The smallest absolute Gasteiger partial charge is 0.322 e. The molecule has 1 saturated heterocycles. The zero-order valence-electron chi connectivity index (χ0n) is 8.19. The molecule has 1 aliphatic rings. The molecule has 0 saturated carbocycles. The van der Waals surface area contributed by atoms with E-state index in [1.54, 1.807) is 6.08 Å². The Hall–Kier alpha value is -0.580.